The zero-order valence-corrected chi connectivity index (χ0v) is 6.17. The van der Waals surface area contributed by atoms with Crippen molar-refractivity contribution in [3.8, 4) is 0 Å². The molecule has 0 aliphatic carbocycles. The second-order valence-corrected chi connectivity index (χ2v) is 2.18. The van der Waals surface area contributed by atoms with Crippen molar-refractivity contribution in [1.29, 1.82) is 0 Å². The number of primary amides is 1. The lowest BCUT2D eigenvalue weighted by Gasteiger charge is -1.97. The fourth-order valence-electron chi connectivity index (χ4n) is 0.571. The van der Waals surface area contributed by atoms with Crippen LogP contribution in [0.4, 0.5) is 5.82 Å². The molecule has 0 fully saturated rings. The van der Waals surface area contributed by atoms with Gasteiger partial charge in [0, 0.05) is 0 Å². The van der Waals surface area contributed by atoms with E-state index in [1.165, 1.54) is 6.20 Å². The topological polar surface area (TPSA) is 94.9 Å². The predicted octanol–water partition coefficient (Wildman–Crippen LogP) is -0.189. The van der Waals surface area contributed by atoms with Gasteiger partial charge < -0.3 is 11.5 Å². The van der Waals surface area contributed by atoms with Gasteiger partial charge in [-0.25, -0.2) is 9.97 Å². The fourth-order valence-corrected chi connectivity index (χ4v) is 0.711. The van der Waals surface area contributed by atoms with E-state index in [2.05, 4.69) is 9.97 Å². The molecule has 6 heteroatoms. The van der Waals surface area contributed by atoms with E-state index in [-0.39, 0.29) is 16.7 Å². The summed E-state index contributed by atoms with van der Waals surface area (Å²) in [6.07, 6.45) is 1.21. The molecular formula is C5H5ClN4O. The Morgan fingerprint density at radius 2 is 2.27 bits per heavy atom. The molecule has 0 unspecified atom stereocenters. The Morgan fingerprint density at radius 1 is 1.64 bits per heavy atom. The highest BCUT2D eigenvalue weighted by molar-refractivity contribution is 6.29. The molecule has 4 N–H and O–H groups in total. The van der Waals surface area contributed by atoms with E-state index in [1.54, 1.807) is 0 Å². The van der Waals surface area contributed by atoms with E-state index in [1.807, 2.05) is 0 Å². The number of rotatable bonds is 1. The highest BCUT2D eigenvalue weighted by Gasteiger charge is 2.07. The van der Waals surface area contributed by atoms with E-state index >= 15 is 0 Å². The number of amides is 1. The predicted molar refractivity (Wildman–Crippen MR) is 40.0 cm³/mol. The fraction of sp³-hybridized carbons (Fsp3) is 0. The van der Waals surface area contributed by atoms with Crippen LogP contribution in [0.5, 0.6) is 0 Å². The lowest BCUT2D eigenvalue weighted by molar-refractivity contribution is 0.0996. The Labute approximate surface area is 67.4 Å². The van der Waals surface area contributed by atoms with Crippen molar-refractivity contribution in [3.05, 3.63) is 17.0 Å². The third kappa shape index (κ3) is 1.56. The molecule has 11 heavy (non-hydrogen) atoms. The Kier molecular flexibility index (Phi) is 1.91. The smallest absolute Gasteiger partial charge is 0.271 e. The molecule has 5 nitrogen and oxygen atoms in total. The van der Waals surface area contributed by atoms with Crippen molar-refractivity contribution in [2.24, 2.45) is 5.73 Å². The molecule has 0 bridgehead atoms. The molecule has 0 saturated heterocycles. The van der Waals surface area contributed by atoms with Gasteiger partial charge in [-0.3, -0.25) is 4.79 Å². The Morgan fingerprint density at radius 3 is 2.73 bits per heavy atom. The van der Waals surface area contributed by atoms with Gasteiger partial charge >= 0.3 is 0 Å². The number of hydrogen-bond acceptors (Lipinski definition) is 4. The van der Waals surface area contributed by atoms with Crippen molar-refractivity contribution in [2.45, 2.75) is 0 Å². The number of anilines is 1. The van der Waals surface area contributed by atoms with Crippen LogP contribution in [0.15, 0.2) is 6.20 Å². The largest absolute Gasteiger partial charge is 0.382 e. The zero-order chi connectivity index (χ0) is 8.43. The standard InChI is InChI=1S/C5H5ClN4O/c6-2-1-9-3(5(8)11)4(7)10-2/h1H,(H2,7,10)(H2,8,11). The van der Waals surface area contributed by atoms with Crippen LogP contribution in [-0.2, 0) is 0 Å². The van der Waals surface area contributed by atoms with Crippen LogP contribution in [0.25, 0.3) is 0 Å². The maximum Gasteiger partial charge on any atom is 0.271 e. The third-order valence-electron chi connectivity index (χ3n) is 1.00. The maximum absolute atomic E-state index is 10.5. The summed E-state index contributed by atoms with van der Waals surface area (Å²) in [5, 5.41) is 0.132. The number of carbonyl (C=O) groups excluding carboxylic acids is 1. The molecule has 0 spiro atoms. The van der Waals surface area contributed by atoms with Crippen molar-refractivity contribution >= 4 is 23.3 Å². The molecular weight excluding hydrogens is 168 g/mol. The minimum absolute atomic E-state index is 0.0509. The minimum Gasteiger partial charge on any atom is -0.382 e. The average Bonchev–Trinajstić information content (AvgIpc) is 1.85. The number of nitrogens with two attached hydrogens (primary N) is 2. The number of nitrogens with zero attached hydrogens (tertiary/aromatic N) is 2. The highest BCUT2D eigenvalue weighted by atomic mass is 35.5. The number of nitrogen functional groups attached to an aromatic ring is 1. The first-order valence-corrected chi connectivity index (χ1v) is 3.07. The molecule has 1 aromatic rings. The first kappa shape index (κ1) is 7.74. The van der Waals surface area contributed by atoms with Crippen LogP contribution in [0.1, 0.15) is 10.5 Å². The van der Waals surface area contributed by atoms with Gasteiger partial charge in [0.1, 0.15) is 5.15 Å². The van der Waals surface area contributed by atoms with Crippen molar-refractivity contribution < 1.29 is 4.79 Å². The maximum atomic E-state index is 10.5. The molecule has 0 saturated carbocycles. The zero-order valence-electron chi connectivity index (χ0n) is 5.41. The van der Waals surface area contributed by atoms with Crippen LogP contribution in [0.3, 0.4) is 0 Å². The van der Waals surface area contributed by atoms with E-state index in [0.29, 0.717) is 0 Å². The second-order valence-electron chi connectivity index (χ2n) is 1.79. The molecule has 1 heterocycles. The number of hydrogen-bond donors (Lipinski definition) is 2. The van der Waals surface area contributed by atoms with Crippen molar-refractivity contribution in [1.82, 2.24) is 9.97 Å². The second kappa shape index (κ2) is 2.71. The quantitative estimate of drug-likeness (QED) is 0.614. The molecule has 0 aromatic carbocycles. The third-order valence-corrected chi connectivity index (χ3v) is 1.19. The first-order chi connectivity index (χ1) is 5.11. The molecule has 0 radical (unpaired) electrons. The summed E-state index contributed by atoms with van der Waals surface area (Å²) in [6, 6.07) is 0. The molecule has 0 atom stereocenters. The highest BCUT2D eigenvalue weighted by Crippen LogP contribution is 2.08. The summed E-state index contributed by atoms with van der Waals surface area (Å²) in [4.78, 5) is 17.7. The Bertz CT molecular complexity index is 301. The van der Waals surface area contributed by atoms with Gasteiger partial charge in [0.05, 0.1) is 6.20 Å². The lowest BCUT2D eigenvalue weighted by atomic mass is 10.4. The normalized spacial score (nSPS) is 9.55. The number of carbonyl (C=O) groups is 1. The first-order valence-electron chi connectivity index (χ1n) is 2.69. The van der Waals surface area contributed by atoms with E-state index in [4.69, 9.17) is 23.1 Å². The van der Waals surface area contributed by atoms with Crippen LogP contribution in [0, 0.1) is 0 Å². The summed E-state index contributed by atoms with van der Waals surface area (Å²) in [7, 11) is 0. The molecule has 1 rings (SSSR count). The summed E-state index contributed by atoms with van der Waals surface area (Å²) < 4.78 is 0. The van der Waals surface area contributed by atoms with Gasteiger partial charge in [-0.15, -0.1) is 0 Å². The molecule has 0 aliphatic heterocycles. The van der Waals surface area contributed by atoms with Gasteiger partial charge in [0.2, 0.25) is 0 Å². The summed E-state index contributed by atoms with van der Waals surface area (Å²) in [5.74, 6) is -0.767. The summed E-state index contributed by atoms with van der Waals surface area (Å²) >= 11 is 5.42. The van der Waals surface area contributed by atoms with Crippen LogP contribution in [-0.4, -0.2) is 15.9 Å². The van der Waals surface area contributed by atoms with Gasteiger partial charge in [-0.2, -0.15) is 0 Å². The van der Waals surface area contributed by atoms with Crippen LogP contribution in [0.2, 0.25) is 5.15 Å². The average molecular weight is 173 g/mol. The number of aromatic nitrogens is 2. The van der Waals surface area contributed by atoms with Gasteiger partial charge in [-0.05, 0) is 0 Å². The monoisotopic (exact) mass is 172 g/mol. The van der Waals surface area contributed by atoms with Crippen molar-refractivity contribution in [2.75, 3.05) is 5.73 Å². The van der Waals surface area contributed by atoms with Gasteiger partial charge in [0.25, 0.3) is 5.91 Å². The minimum atomic E-state index is -0.716. The molecule has 58 valence electrons. The summed E-state index contributed by atoms with van der Waals surface area (Å²) in [6.45, 7) is 0. The van der Waals surface area contributed by atoms with E-state index in [9.17, 15) is 4.79 Å². The molecule has 1 aromatic heterocycles. The molecule has 0 aliphatic rings. The Hall–Kier alpha value is -1.36. The SMILES string of the molecule is NC(=O)c1ncc(Cl)nc1N. The van der Waals surface area contributed by atoms with Crippen molar-refractivity contribution in [3.63, 3.8) is 0 Å². The molecule has 1 amide bonds. The van der Waals surface area contributed by atoms with Gasteiger partial charge in [-0.1, -0.05) is 11.6 Å². The lowest BCUT2D eigenvalue weighted by Crippen LogP contribution is -2.16. The Balaban J connectivity index is 3.20. The van der Waals surface area contributed by atoms with E-state index < -0.39 is 5.91 Å². The van der Waals surface area contributed by atoms with Gasteiger partial charge in [0.15, 0.2) is 11.5 Å². The van der Waals surface area contributed by atoms with Crippen LogP contribution >= 0.6 is 11.6 Å². The van der Waals surface area contributed by atoms with Crippen LogP contribution < -0.4 is 11.5 Å². The number of halogens is 1. The summed E-state index contributed by atoms with van der Waals surface area (Å²) in [5.41, 5.74) is 10.1. The van der Waals surface area contributed by atoms with E-state index in [0.717, 1.165) is 0 Å².